The molecule has 0 aliphatic heterocycles. The molecule has 2 aromatic carbocycles. The van der Waals surface area contributed by atoms with E-state index in [2.05, 4.69) is 10.2 Å². The van der Waals surface area contributed by atoms with E-state index in [-0.39, 0.29) is 12.5 Å². The van der Waals surface area contributed by atoms with Gasteiger partial charge in [0, 0.05) is 5.56 Å². The second-order valence-electron chi connectivity index (χ2n) is 5.86. The third-order valence-corrected chi connectivity index (χ3v) is 3.87. The maximum absolute atomic E-state index is 12.0. The van der Waals surface area contributed by atoms with Crippen LogP contribution >= 0.6 is 0 Å². The van der Waals surface area contributed by atoms with Crippen molar-refractivity contribution < 1.29 is 23.4 Å². The number of nitrogens with zero attached hydrogens (tertiary/aromatic N) is 2. The van der Waals surface area contributed by atoms with Crippen LogP contribution in [0.3, 0.4) is 0 Å². The lowest BCUT2D eigenvalue weighted by Crippen LogP contribution is -2.17. The predicted octanol–water partition coefficient (Wildman–Crippen LogP) is 3.74. The number of benzene rings is 2. The highest BCUT2D eigenvalue weighted by molar-refractivity contribution is 5.71. The third kappa shape index (κ3) is 4.63. The summed E-state index contributed by atoms with van der Waals surface area (Å²) < 4.78 is 21.5. The molecule has 0 saturated heterocycles. The van der Waals surface area contributed by atoms with Gasteiger partial charge >= 0.3 is 5.97 Å². The van der Waals surface area contributed by atoms with Crippen LogP contribution in [-0.2, 0) is 9.53 Å². The van der Waals surface area contributed by atoms with Crippen molar-refractivity contribution >= 4 is 5.97 Å². The third-order valence-electron chi connectivity index (χ3n) is 3.87. The summed E-state index contributed by atoms with van der Waals surface area (Å²) in [6.45, 7) is 3.37. The maximum Gasteiger partial charge on any atom is 0.344 e. The average Bonchev–Trinajstić information content (AvgIpc) is 3.18. The number of aromatic nitrogens is 2. The second kappa shape index (κ2) is 8.35. The smallest absolute Gasteiger partial charge is 0.344 e. The molecule has 0 saturated carbocycles. The largest absolute Gasteiger partial charge is 0.497 e. The van der Waals surface area contributed by atoms with E-state index in [0.29, 0.717) is 11.6 Å². The van der Waals surface area contributed by atoms with E-state index in [4.69, 9.17) is 18.6 Å². The van der Waals surface area contributed by atoms with E-state index < -0.39 is 12.1 Å². The summed E-state index contributed by atoms with van der Waals surface area (Å²) in [5, 5.41) is 7.95. The molecule has 1 atom stereocenters. The van der Waals surface area contributed by atoms with E-state index in [1.807, 2.05) is 37.3 Å². The molecule has 3 aromatic rings. The number of hydrogen-bond acceptors (Lipinski definition) is 7. The predicted molar refractivity (Wildman–Crippen MR) is 97.5 cm³/mol. The first-order valence-corrected chi connectivity index (χ1v) is 8.42. The maximum atomic E-state index is 12.0. The minimum absolute atomic E-state index is 0.200. The van der Waals surface area contributed by atoms with Gasteiger partial charge in [-0.25, -0.2) is 4.79 Å². The normalized spacial score (nSPS) is 11.7. The topological polar surface area (TPSA) is 83.7 Å². The molecule has 0 radical (unpaired) electrons. The van der Waals surface area contributed by atoms with Crippen LogP contribution < -0.4 is 9.47 Å². The van der Waals surface area contributed by atoms with E-state index in [0.717, 1.165) is 16.9 Å². The molecule has 140 valence electrons. The van der Waals surface area contributed by atoms with Crippen LogP contribution in [0.5, 0.6) is 11.5 Å². The van der Waals surface area contributed by atoms with Crippen molar-refractivity contribution in [2.24, 2.45) is 0 Å². The van der Waals surface area contributed by atoms with Gasteiger partial charge in [0.05, 0.1) is 7.11 Å². The van der Waals surface area contributed by atoms with Crippen molar-refractivity contribution in [1.29, 1.82) is 0 Å². The Hall–Kier alpha value is -3.35. The first-order chi connectivity index (χ1) is 13.1. The van der Waals surface area contributed by atoms with E-state index >= 15 is 0 Å². The molecule has 7 heteroatoms. The van der Waals surface area contributed by atoms with Crippen molar-refractivity contribution in [3.63, 3.8) is 0 Å². The van der Waals surface area contributed by atoms with Gasteiger partial charge in [-0.15, -0.1) is 10.2 Å². The summed E-state index contributed by atoms with van der Waals surface area (Å²) in [4.78, 5) is 12.0. The summed E-state index contributed by atoms with van der Waals surface area (Å²) in [6, 6.07) is 14.7. The van der Waals surface area contributed by atoms with Crippen LogP contribution in [0.15, 0.2) is 52.9 Å². The summed E-state index contributed by atoms with van der Waals surface area (Å²) >= 11 is 0. The first kappa shape index (κ1) is 18.4. The Morgan fingerprint density at radius 3 is 2.56 bits per heavy atom. The number of rotatable bonds is 7. The zero-order chi connectivity index (χ0) is 19.2. The number of hydrogen-bond donors (Lipinski definition) is 0. The van der Waals surface area contributed by atoms with Gasteiger partial charge in [0.25, 0.3) is 5.89 Å². The average molecular weight is 368 g/mol. The summed E-state index contributed by atoms with van der Waals surface area (Å²) in [5.41, 5.74) is 1.69. The zero-order valence-electron chi connectivity index (χ0n) is 15.3. The summed E-state index contributed by atoms with van der Waals surface area (Å²) in [7, 11) is 1.60. The van der Waals surface area contributed by atoms with Gasteiger partial charge in [-0.3, -0.25) is 0 Å². The van der Waals surface area contributed by atoms with Gasteiger partial charge in [0.15, 0.2) is 12.7 Å². The van der Waals surface area contributed by atoms with Crippen molar-refractivity contribution in [1.82, 2.24) is 10.2 Å². The highest BCUT2D eigenvalue weighted by Crippen LogP contribution is 2.24. The lowest BCUT2D eigenvalue weighted by Gasteiger charge is -2.11. The Balaban J connectivity index is 1.57. The molecule has 0 unspecified atom stereocenters. The molecular weight excluding hydrogens is 348 g/mol. The van der Waals surface area contributed by atoms with Gasteiger partial charge in [0.2, 0.25) is 5.89 Å². The second-order valence-corrected chi connectivity index (χ2v) is 5.86. The Bertz CT molecular complexity index is 905. The number of aryl methyl sites for hydroxylation is 1. The fourth-order valence-electron chi connectivity index (χ4n) is 2.39. The zero-order valence-corrected chi connectivity index (χ0v) is 15.3. The molecule has 1 heterocycles. The van der Waals surface area contributed by atoms with E-state index in [1.54, 1.807) is 32.2 Å². The van der Waals surface area contributed by atoms with Gasteiger partial charge in [-0.2, -0.15) is 0 Å². The molecule has 27 heavy (non-hydrogen) atoms. The van der Waals surface area contributed by atoms with Gasteiger partial charge < -0.3 is 18.6 Å². The molecule has 0 N–H and O–H groups in total. The van der Waals surface area contributed by atoms with Crippen LogP contribution in [0.25, 0.3) is 11.5 Å². The Labute approximate surface area is 156 Å². The minimum Gasteiger partial charge on any atom is -0.497 e. The van der Waals surface area contributed by atoms with Gasteiger partial charge in [-0.05, 0) is 49.7 Å². The molecule has 0 aliphatic carbocycles. The summed E-state index contributed by atoms with van der Waals surface area (Å²) in [5.74, 6) is 1.41. The lowest BCUT2D eigenvalue weighted by atomic mass is 10.2. The number of esters is 1. The SMILES string of the molecule is COc1ccc(-c2nnc([C@H](C)OC(=O)COc3ccccc3C)o2)cc1. The first-order valence-electron chi connectivity index (χ1n) is 8.42. The number of ether oxygens (including phenoxy) is 3. The molecular formula is C20H20N2O5. The number of para-hydroxylation sites is 1. The van der Waals surface area contributed by atoms with Crippen molar-refractivity contribution in [3.8, 4) is 23.0 Å². The minimum atomic E-state index is -0.683. The Morgan fingerprint density at radius 1 is 1.11 bits per heavy atom. The molecule has 0 spiro atoms. The monoisotopic (exact) mass is 368 g/mol. The quantitative estimate of drug-likeness (QED) is 0.587. The molecule has 0 aliphatic rings. The van der Waals surface area contributed by atoms with E-state index in [9.17, 15) is 4.79 Å². The highest BCUT2D eigenvalue weighted by atomic mass is 16.6. The van der Waals surface area contributed by atoms with Crippen molar-refractivity contribution in [3.05, 3.63) is 60.0 Å². The van der Waals surface area contributed by atoms with Crippen LogP contribution in [0.1, 0.15) is 24.5 Å². The van der Waals surface area contributed by atoms with Crippen LogP contribution in [0.2, 0.25) is 0 Å². The Morgan fingerprint density at radius 2 is 1.85 bits per heavy atom. The molecule has 0 fully saturated rings. The van der Waals surface area contributed by atoms with Crippen LogP contribution in [0.4, 0.5) is 0 Å². The fourth-order valence-corrected chi connectivity index (χ4v) is 2.39. The van der Waals surface area contributed by atoms with E-state index in [1.165, 1.54) is 0 Å². The molecule has 1 aromatic heterocycles. The van der Waals surface area contributed by atoms with Crippen molar-refractivity contribution in [2.45, 2.75) is 20.0 Å². The van der Waals surface area contributed by atoms with Gasteiger partial charge in [0.1, 0.15) is 11.5 Å². The molecule has 3 rings (SSSR count). The van der Waals surface area contributed by atoms with Crippen LogP contribution in [0, 0.1) is 6.92 Å². The van der Waals surface area contributed by atoms with Gasteiger partial charge in [-0.1, -0.05) is 18.2 Å². The summed E-state index contributed by atoms with van der Waals surface area (Å²) in [6.07, 6.45) is -0.683. The standard InChI is InChI=1S/C20H20N2O5/c1-13-6-4-5-7-17(13)25-12-18(23)26-14(2)19-21-22-20(27-19)15-8-10-16(24-3)11-9-15/h4-11,14H,12H2,1-3H3/t14-/m0/s1. The molecule has 0 bridgehead atoms. The molecule has 0 amide bonds. The number of methoxy groups -OCH3 is 1. The molecule has 7 nitrogen and oxygen atoms in total. The lowest BCUT2D eigenvalue weighted by molar-refractivity contribution is -0.152. The highest BCUT2D eigenvalue weighted by Gasteiger charge is 2.19. The number of carbonyl (C=O) groups excluding carboxylic acids is 1. The van der Waals surface area contributed by atoms with Crippen molar-refractivity contribution in [2.75, 3.05) is 13.7 Å². The van der Waals surface area contributed by atoms with Crippen LogP contribution in [-0.4, -0.2) is 29.9 Å². The fraction of sp³-hybridized carbons (Fsp3) is 0.250. The number of carbonyl (C=O) groups is 1. The Kier molecular flexibility index (Phi) is 5.71.